The van der Waals surface area contributed by atoms with Gasteiger partial charge in [-0.2, -0.15) is 5.10 Å². The van der Waals surface area contributed by atoms with Crippen LogP contribution >= 0.6 is 0 Å². The molecule has 0 bridgehead atoms. The number of carbonyl (C=O) groups is 1. The molecule has 0 aliphatic rings. The fraction of sp³-hybridized carbons (Fsp3) is 0.333. The van der Waals surface area contributed by atoms with Crippen LogP contribution in [0.25, 0.3) is 0 Å². The van der Waals surface area contributed by atoms with Gasteiger partial charge in [-0.25, -0.2) is 4.39 Å². The van der Waals surface area contributed by atoms with Crippen molar-refractivity contribution >= 4 is 5.78 Å². The smallest absolute Gasteiger partial charge is 0.170 e. The Morgan fingerprint density at radius 2 is 2.00 bits per heavy atom. The normalized spacial score (nSPS) is 10.8. The van der Waals surface area contributed by atoms with Crippen molar-refractivity contribution in [2.45, 2.75) is 27.2 Å². The zero-order valence-electron chi connectivity index (χ0n) is 11.6. The van der Waals surface area contributed by atoms with Crippen LogP contribution in [-0.2, 0) is 13.5 Å². The summed E-state index contributed by atoms with van der Waals surface area (Å²) in [4.78, 5) is 12.2. The minimum Gasteiger partial charge on any atom is -0.294 e. The van der Waals surface area contributed by atoms with Gasteiger partial charge in [-0.15, -0.1) is 0 Å². The monoisotopic (exact) mass is 260 g/mol. The lowest BCUT2D eigenvalue weighted by Gasteiger charge is -2.05. The molecule has 1 aromatic heterocycles. The molecule has 0 amide bonds. The molecule has 0 radical (unpaired) electrons. The first-order valence-corrected chi connectivity index (χ1v) is 6.18. The third kappa shape index (κ3) is 2.57. The zero-order chi connectivity index (χ0) is 14.2. The van der Waals surface area contributed by atoms with Crippen LogP contribution in [0.1, 0.15) is 32.9 Å². The number of carbonyl (C=O) groups excluding carboxylic acids is 1. The standard InChI is InChI=1S/C15H17FN2O/c1-9-5-6-14(16)13(7-9)15(19)8-12-10(2)17-18(4)11(12)3/h5-7H,8H2,1-4H3. The third-order valence-electron chi connectivity index (χ3n) is 3.42. The van der Waals surface area contributed by atoms with E-state index < -0.39 is 5.82 Å². The molecule has 0 aliphatic heterocycles. The lowest BCUT2D eigenvalue weighted by molar-refractivity contribution is 0.0988. The van der Waals surface area contributed by atoms with Gasteiger partial charge in [0.25, 0.3) is 0 Å². The van der Waals surface area contributed by atoms with E-state index in [2.05, 4.69) is 5.10 Å². The largest absolute Gasteiger partial charge is 0.294 e. The summed E-state index contributed by atoms with van der Waals surface area (Å²) in [6.07, 6.45) is 0.186. The molecule has 0 unspecified atom stereocenters. The average Bonchev–Trinajstić information content (AvgIpc) is 2.59. The van der Waals surface area contributed by atoms with Crippen LogP contribution in [0.15, 0.2) is 18.2 Å². The summed E-state index contributed by atoms with van der Waals surface area (Å²) in [5.74, 6) is -0.671. The molecule has 0 atom stereocenters. The molecule has 1 heterocycles. The van der Waals surface area contributed by atoms with Gasteiger partial charge >= 0.3 is 0 Å². The van der Waals surface area contributed by atoms with E-state index in [1.165, 1.54) is 6.07 Å². The van der Waals surface area contributed by atoms with Crippen molar-refractivity contribution in [3.05, 3.63) is 52.1 Å². The van der Waals surface area contributed by atoms with E-state index in [1.54, 1.807) is 16.8 Å². The van der Waals surface area contributed by atoms with Gasteiger partial charge in [0.15, 0.2) is 5.78 Å². The Labute approximate surface area is 112 Å². The number of halogens is 1. The maximum absolute atomic E-state index is 13.7. The molecular formula is C15H17FN2O. The highest BCUT2D eigenvalue weighted by Crippen LogP contribution is 2.17. The molecule has 1 aromatic carbocycles. The predicted octanol–water partition coefficient (Wildman–Crippen LogP) is 2.91. The van der Waals surface area contributed by atoms with E-state index in [-0.39, 0.29) is 17.8 Å². The second-order valence-corrected chi connectivity index (χ2v) is 4.86. The van der Waals surface area contributed by atoms with Gasteiger partial charge < -0.3 is 0 Å². The summed E-state index contributed by atoms with van der Waals surface area (Å²) in [6, 6.07) is 4.59. The van der Waals surface area contributed by atoms with Crippen molar-refractivity contribution in [3.63, 3.8) is 0 Å². The number of benzene rings is 1. The first kappa shape index (κ1) is 13.5. The summed E-state index contributed by atoms with van der Waals surface area (Å²) < 4.78 is 15.4. The van der Waals surface area contributed by atoms with E-state index in [9.17, 15) is 9.18 Å². The highest BCUT2D eigenvalue weighted by atomic mass is 19.1. The number of nitrogens with zero attached hydrogens (tertiary/aromatic N) is 2. The number of ketones is 1. The van der Waals surface area contributed by atoms with Crippen molar-refractivity contribution in [1.82, 2.24) is 9.78 Å². The number of hydrogen-bond acceptors (Lipinski definition) is 2. The Morgan fingerprint density at radius 1 is 1.32 bits per heavy atom. The molecule has 3 nitrogen and oxygen atoms in total. The van der Waals surface area contributed by atoms with Crippen molar-refractivity contribution in [2.75, 3.05) is 0 Å². The SMILES string of the molecule is Cc1ccc(F)c(C(=O)Cc2c(C)nn(C)c2C)c1. The molecule has 0 saturated heterocycles. The van der Waals surface area contributed by atoms with Crippen molar-refractivity contribution in [2.24, 2.45) is 7.05 Å². The molecule has 0 aliphatic carbocycles. The zero-order valence-corrected chi connectivity index (χ0v) is 11.6. The van der Waals surface area contributed by atoms with Crippen LogP contribution in [0.2, 0.25) is 0 Å². The van der Waals surface area contributed by atoms with Gasteiger partial charge in [-0.3, -0.25) is 9.48 Å². The summed E-state index contributed by atoms with van der Waals surface area (Å²) in [7, 11) is 1.84. The first-order valence-electron chi connectivity index (χ1n) is 6.18. The van der Waals surface area contributed by atoms with E-state index in [0.717, 1.165) is 22.5 Å². The Kier molecular flexibility index (Phi) is 3.51. The lowest BCUT2D eigenvalue weighted by atomic mass is 10.00. The van der Waals surface area contributed by atoms with Gasteiger partial charge in [-0.1, -0.05) is 11.6 Å². The Balaban J connectivity index is 2.33. The molecule has 0 saturated carbocycles. The van der Waals surface area contributed by atoms with Crippen LogP contribution in [0.4, 0.5) is 4.39 Å². The summed E-state index contributed by atoms with van der Waals surface area (Å²) >= 11 is 0. The second kappa shape index (κ2) is 4.96. The Morgan fingerprint density at radius 3 is 2.58 bits per heavy atom. The summed E-state index contributed by atoms with van der Waals surface area (Å²) in [5, 5.41) is 4.27. The quantitative estimate of drug-likeness (QED) is 0.795. The van der Waals surface area contributed by atoms with Gasteiger partial charge in [0.2, 0.25) is 0 Å². The predicted molar refractivity (Wildman–Crippen MR) is 71.9 cm³/mol. The molecule has 2 aromatic rings. The molecule has 0 spiro atoms. The lowest BCUT2D eigenvalue weighted by Crippen LogP contribution is -2.08. The van der Waals surface area contributed by atoms with E-state index >= 15 is 0 Å². The van der Waals surface area contributed by atoms with Crippen LogP contribution in [0, 0.1) is 26.6 Å². The molecule has 0 fully saturated rings. The van der Waals surface area contributed by atoms with Crippen molar-refractivity contribution < 1.29 is 9.18 Å². The molecule has 0 N–H and O–H groups in total. The van der Waals surface area contributed by atoms with Crippen LogP contribution in [0.3, 0.4) is 0 Å². The maximum Gasteiger partial charge on any atom is 0.170 e. The average molecular weight is 260 g/mol. The topological polar surface area (TPSA) is 34.9 Å². The number of hydrogen-bond donors (Lipinski definition) is 0. The molecule has 100 valence electrons. The minimum absolute atomic E-state index is 0.155. The van der Waals surface area contributed by atoms with Gasteiger partial charge in [-0.05, 0) is 32.9 Å². The summed E-state index contributed by atoms with van der Waals surface area (Å²) in [6.45, 7) is 5.62. The number of rotatable bonds is 3. The number of Topliss-reactive ketones (excluding diaryl/α,β-unsaturated/α-hetero) is 1. The van der Waals surface area contributed by atoms with E-state index in [4.69, 9.17) is 0 Å². The van der Waals surface area contributed by atoms with Gasteiger partial charge in [0.05, 0.1) is 11.3 Å². The Hall–Kier alpha value is -1.97. The van der Waals surface area contributed by atoms with Crippen molar-refractivity contribution in [3.8, 4) is 0 Å². The second-order valence-electron chi connectivity index (χ2n) is 4.86. The fourth-order valence-electron chi connectivity index (χ4n) is 2.18. The van der Waals surface area contributed by atoms with E-state index in [0.29, 0.717) is 0 Å². The molecule has 2 rings (SSSR count). The van der Waals surface area contributed by atoms with E-state index in [1.807, 2.05) is 27.8 Å². The van der Waals surface area contributed by atoms with Gasteiger partial charge in [0, 0.05) is 24.7 Å². The molecule has 4 heteroatoms. The molecular weight excluding hydrogens is 243 g/mol. The fourth-order valence-corrected chi connectivity index (χ4v) is 2.18. The summed E-state index contributed by atoms with van der Waals surface area (Å²) in [5.41, 5.74) is 3.68. The highest BCUT2D eigenvalue weighted by molar-refractivity contribution is 5.98. The Bertz CT molecular complexity index is 644. The minimum atomic E-state index is -0.463. The van der Waals surface area contributed by atoms with Crippen molar-refractivity contribution in [1.29, 1.82) is 0 Å². The molecule has 19 heavy (non-hydrogen) atoms. The van der Waals surface area contributed by atoms with Crippen LogP contribution in [-0.4, -0.2) is 15.6 Å². The van der Waals surface area contributed by atoms with Crippen LogP contribution in [0.5, 0.6) is 0 Å². The number of aromatic nitrogens is 2. The van der Waals surface area contributed by atoms with Crippen LogP contribution < -0.4 is 0 Å². The maximum atomic E-state index is 13.7. The number of aryl methyl sites for hydroxylation is 3. The first-order chi connectivity index (χ1) is 8.90. The third-order valence-corrected chi connectivity index (χ3v) is 3.42. The van der Waals surface area contributed by atoms with Gasteiger partial charge in [0.1, 0.15) is 5.82 Å². The highest BCUT2D eigenvalue weighted by Gasteiger charge is 2.17.